The third-order valence-corrected chi connectivity index (χ3v) is 5.01. The molecule has 2 rings (SSSR count). The Morgan fingerprint density at radius 3 is 2.65 bits per heavy atom. The molecule has 0 aliphatic heterocycles. The molecule has 0 aliphatic rings. The predicted molar refractivity (Wildman–Crippen MR) is 73.5 cm³/mol. The number of carbonyl (C=O) groups is 1. The summed E-state index contributed by atoms with van der Waals surface area (Å²) >= 11 is 6.48. The lowest BCUT2D eigenvalue weighted by Gasteiger charge is -2.09. The molecule has 0 spiro atoms. The van der Waals surface area contributed by atoms with Gasteiger partial charge in [0.05, 0.1) is 9.92 Å². The maximum absolute atomic E-state index is 13.5. The average Bonchev–Trinajstić information content (AvgIpc) is 2.84. The van der Waals surface area contributed by atoms with Gasteiger partial charge >= 0.3 is 5.97 Å². The molecule has 1 aromatic carbocycles. The summed E-state index contributed by atoms with van der Waals surface area (Å²) in [5.41, 5.74) is -0.378. The van der Waals surface area contributed by atoms with Crippen molar-refractivity contribution in [3.63, 3.8) is 0 Å². The number of sulfonamides is 1. The van der Waals surface area contributed by atoms with Gasteiger partial charge in [-0.05, 0) is 18.2 Å². The first-order valence-electron chi connectivity index (χ1n) is 5.10. The van der Waals surface area contributed by atoms with E-state index in [-0.39, 0.29) is 20.5 Å². The van der Waals surface area contributed by atoms with Gasteiger partial charge in [-0.15, -0.1) is 11.3 Å². The summed E-state index contributed by atoms with van der Waals surface area (Å²) in [5.74, 6) is -2.06. The molecule has 0 amide bonds. The quantitative estimate of drug-likeness (QED) is 0.899. The van der Waals surface area contributed by atoms with Crippen LogP contribution in [0.3, 0.4) is 0 Å². The Labute approximate surface area is 122 Å². The normalized spacial score (nSPS) is 11.3. The van der Waals surface area contributed by atoms with Gasteiger partial charge in [0.25, 0.3) is 10.0 Å². The van der Waals surface area contributed by atoms with Crippen molar-refractivity contribution in [3.8, 4) is 0 Å². The molecular weight excluding hydrogens is 329 g/mol. The monoisotopic (exact) mass is 335 g/mol. The molecule has 5 nitrogen and oxygen atoms in total. The minimum atomic E-state index is -4.10. The molecule has 0 atom stereocenters. The van der Waals surface area contributed by atoms with Gasteiger partial charge in [-0.25, -0.2) is 17.6 Å². The zero-order chi connectivity index (χ0) is 14.9. The van der Waals surface area contributed by atoms with Gasteiger partial charge < -0.3 is 5.11 Å². The highest BCUT2D eigenvalue weighted by atomic mass is 35.5. The largest absolute Gasteiger partial charge is 0.477 e. The van der Waals surface area contributed by atoms with E-state index >= 15 is 0 Å². The van der Waals surface area contributed by atoms with Crippen LogP contribution < -0.4 is 4.72 Å². The number of thiophene rings is 1. The van der Waals surface area contributed by atoms with Crippen LogP contribution in [0.2, 0.25) is 5.02 Å². The van der Waals surface area contributed by atoms with E-state index in [4.69, 9.17) is 16.7 Å². The van der Waals surface area contributed by atoms with E-state index in [1.807, 2.05) is 4.72 Å². The Morgan fingerprint density at radius 2 is 2.10 bits per heavy atom. The number of rotatable bonds is 4. The smallest absolute Gasteiger partial charge is 0.345 e. The van der Waals surface area contributed by atoms with Crippen LogP contribution >= 0.6 is 22.9 Å². The minimum Gasteiger partial charge on any atom is -0.477 e. The molecule has 0 radical (unpaired) electrons. The molecule has 0 aliphatic carbocycles. The average molecular weight is 336 g/mol. The van der Waals surface area contributed by atoms with E-state index in [1.165, 1.54) is 12.1 Å². The summed E-state index contributed by atoms with van der Waals surface area (Å²) in [6.45, 7) is 0. The highest BCUT2D eigenvalue weighted by molar-refractivity contribution is 7.92. The van der Waals surface area contributed by atoms with Crippen LogP contribution in [-0.4, -0.2) is 19.5 Å². The van der Waals surface area contributed by atoms with Gasteiger partial charge in [-0.1, -0.05) is 17.7 Å². The van der Waals surface area contributed by atoms with E-state index in [1.54, 1.807) is 0 Å². The lowest BCUT2D eigenvalue weighted by Crippen LogP contribution is -2.13. The van der Waals surface area contributed by atoms with Crippen molar-refractivity contribution in [2.45, 2.75) is 4.90 Å². The van der Waals surface area contributed by atoms with Crippen LogP contribution in [0.25, 0.3) is 0 Å². The van der Waals surface area contributed by atoms with Crippen LogP contribution in [0.4, 0.5) is 10.1 Å². The van der Waals surface area contributed by atoms with Crippen molar-refractivity contribution in [1.29, 1.82) is 0 Å². The number of carboxylic acid groups (broad SMARTS) is 1. The van der Waals surface area contributed by atoms with E-state index in [0.717, 1.165) is 28.8 Å². The molecule has 106 valence electrons. The Hall–Kier alpha value is -1.64. The van der Waals surface area contributed by atoms with Crippen molar-refractivity contribution < 1.29 is 22.7 Å². The Bertz CT molecular complexity index is 752. The van der Waals surface area contributed by atoms with Gasteiger partial charge in [0.2, 0.25) is 0 Å². The number of anilines is 1. The fourth-order valence-electron chi connectivity index (χ4n) is 1.36. The zero-order valence-corrected chi connectivity index (χ0v) is 12.0. The highest BCUT2D eigenvalue weighted by Gasteiger charge is 2.21. The third kappa shape index (κ3) is 2.92. The van der Waals surface area contributed by atoms with Crippen LogP contribution in [0, 0.1) is 5.82 Å². The number of aromatic carboxylic acids is 1. The van der Waals surface area contributed by atoms with Gasteiger partial charge in [0.15, 0.2) is 0 Å². The first-order chi connectivity index (χ1) is 9.31. The van der Waals surface area contributed by atoms with Crippen molar-refractivity contribution >= 4 is 44.6 Å². The lowest BCUT2D eigenvalue weighted by atomic mass is 10.3. The van der Waals surface area contributed by atoms with Crippen LogP contribution in [0.15, 0.2) is 34.5 Å². The zero-order valence-electron chi connectivity index (χ0n) is 9.63. The SMILES string of the molecule is O=C(O)c1cc(S(=O)(=O)Nc2c(F)cccc2Cl)cs1. The first kappa shape index (κ1) is 14.8. The minimum absolute atomic E-state index is 0.0951. The molecule has 0 fully saturated rings. The van der Waals surface area contributed by atoms with Gasteiger partial charge in [-0.3, -0.25) is 4.72 Å². The van der Waals surface area contributed by atoms with Crippen molar-refractivity contribution in [3.05, 3.63) is 45.4 Å². The van der Waals surface area contributed by atoms with Crippen LogP contribution in [0.5, 0.6) is 0 Å². The number of nitrogens with one attached hydrogen (secondary N) is 1. The lowest BCUT2D eigenvalue weighted by molar-refractivity contribution is 0.0702. The number of para-hydroxylation sites is 1. The Balaban J connectivity index is 2.38. The van der Waals surface area contributed by atoms with Crippen LogP contribution in [-0.2, 0) is 10.0 Å². The van der Waals surface area contributed by atoms with Gasteiger partial charge in [0, 0.05) is 5.38 Å². The molecule has 1 heterocycles. The highest BCUT2D eigenvalue weighted by Crippen LogP contribution is 2.28. The molecule has 0 saturated carbocycles. The summed E-state index contributed by atoms with van der Waals surface area (Å²) < 4.78 is 39.6. The van der Waals surface area contributed by atoms with E-state index in [2.05, 4.69) is 0 Å². The molecule has 20 heavy (non-hydrogen) atoms. The third-order valence-electron chi connectivity index (χ3n) is 2.30. The van der Waals surface area contributed by atoms with Crippen molar-refractivity contribution in [1.82, 2.24) is 0 Å². The summed E-state index contributed by atoms with van der Waals surface area (Å²) in [6.07, 6.45) is 0. The molecule has 9 heteroatoms. The summed E-state index contributed by atoms with van der Waals surface area (Å²) in [5, 5.41) is 9.81. The standard InChI is InChI=1S/C11H7ClFNO4S2/c12-7-2-1-3-8(13)10(7)14-20(17,18)6-4-9(11(15)16)19-5-6/h1-5,14H,(H,15,16). The molecule has 1 aromatic heterocycles. The molecule has 0 saturated heterocycles. The Kier molecular flexibility index (Phi) is 3.98. The van der Waals surface area contributed by atoms with E-state index in [0.29, 0.717) is 0 Å². The molecule has 2 N–H and O–H groups in total. The van der Waals surface area contributed by atoms with Gasteiger partial charge in [-0.2, -0.15) is 0 Å². The number of benzene rings is 1. The number of halogens is 2. The summed E-state index contributed by atoms with van der Waals surface area (Å²) in [4.78, 5) is 10.3. The molecule has 0 unspecified atom stereocenters. The topological polar surface area (TPSA) is 83.5 Å². The van der Waals surface area contributed by atoms with Crippen molar-refractivity contribution in [2.75, 3.05) is 4.72 Å². The maximum Gasteiger partial charge on any atom is 0.345 e. The fraction of sp³-hybridized carbons (Fsp3) is 0. The maximum atomic E-state index is 13.5. The predicted octanol–water partition coefficient (Wildman–Crippen LogP) is 3.04. The van der Waals surface area contributed by atoms with Crippen molar-refractivity contribution in [2.24, 2.45) is 0 Å². The Morgan fingerprint density at radius 1 is 1.40 bits per heavy atom. The first-order valence-corrected chi connectivity index (χ1v) is 7.84. The fourth-order valence-corrected chi connectivity index (χ4v) is 3.83. The second kappa shape index (κ2) is 5.39. The van der Waals surface area contributed by atoms with Crippen LogP contribution in [0.1, 0.15) is 9.67 Å². The number of hydrogen-bond acceptors (Lipinski definition) is 4. The molecule has 0 bridgehead atoms. The molecular formula is C11H7ClFNO4S2. The van der Waals surface area contributed by atoms with E-state index < -0.39 is 21.8 Å². The second-order valence-corrected chi connectivity index (χ2v) is 6.65. The molecule has 2 aromatic rings. The number of carboxylic acids is 1. The summed E-state index contributed by atoms with van der Waals surface area (Å²) in [7, 11) is -4.10. The summed E-state index contributed by atoms with van der Waals surface area (Å²) in [6, 6.07) is 4.71. The number of hydrogen-bond donors (Lipinski definition) is 2. The van der Waals surface area contributed by atoms with E-state index in [9.17, 15) is 17.6 Å². The second-order valence-electron chi connectivity index (χ2n) is 3.65. The van der Waals surface area contributed by atoms with Gasteiger partial charge in [0.1, 0.15) is 16.4 Å².